The number of methoxy groups -OCH3 is 4. The number of carbonyl (C=O) groups excluding carboxylic acids is 1. The zero-order valence-electron chi connectivity index (χ0n) is 17.0. The van der Waals surface area contributed by atoms with Gasteiger partial charge in [0.15, 0.2) is 23.0 Å². The summed E-state index contributed by atoms with van der Waals surface area (Å²) in [5.74, 6) is 2.36. The third kappa shape index (κ3) is 5.00. The molecule has 28 heavy (non-hydrogen) atoms. The van der Waals surface area contributed by atoms with Crippen LogP contribution in [0.4, 0.5) is 0 Å². The minimum absolute atomic E-state index is 0.289. The van der Waals surface area contributed by atoms with E-state index in [0.717, 1.165) is 12.0 Å². The third-order valence-corrected chi connectivity index (χ3v) is 4.09. The molecule has 0 bridgehead atoms. The van der Waals surface area contributed by atoms with E-state index in [1.54, 1.807) is 19.2 Å². The molecule has 2 aromatic rings. The molecule has 7 nitrogen and oxygen atoms in total. The maximum Gasteiger partial charge on any atom is 0.255 e. The number of ether oxygens (including phenoxy) is 5. The van der Waals surface area contributed by atoms with Crippen LogP contribution in [0.25, 0.3) is 0 Å². The van der Waals surface area contributed by atoms with Crippen LogP contribution < -0.4 is 29.0 Å². The second-order valence-corrected chi connectivity index (χ2v) is 5.92. The Kier molecular flexibility index (Phi) is 7.80. The Morgan fingerprint density at radius 1 is 0.821 bits per heavy atom. The minimum atomic E-state index is -0.289. The van der Waals surface area contributed by atoms with E-state index in [0.29, 0.717) is 47.5 Å². The number of benzene rings is 2. The monoisotopic (exact) mass is 389 g/mol. The predicted octanol–water partition coefficient (Wildman–Crippen LogP) is 3.44. The number of nitrogens with one attached hydrogen (secondary N) is 1. The van der Waals surface area contributed by atoms with Gasteiger partial charge in [0.25, 0.3) is 5.91 Å². The van der Waals surface area contributed by atoms with Crippen molar-refractivity contribution in [2.24, 2.45) is 0 Å². The van der Waals surface area contributed by atoms with Gasteiger partial charge >= 0.3 is 0 Å². The standard InChI is InChI=1S/C21H27NO6/c1-6-9-28-16-8-7-14(10-18(16)25-3)13-22-21(23)15-11-19(26-4)20(27-5)12-17(15)24-2/h7-8,10-12H,6,9,13H2,1-5H3,(H,22,23). The largest absolute Gasteiger partial charge is 0.496 e. The van der Waals surface area contributed by atoms with Crippen molar-refractivity contribution in [3.8, 4) is 28.7 Å². The van der Waals surface area contributed by atoms with Crippen LogP contribution in [0.5, 0.6) is 28.7 Å². The molecule has 0 aromatic heterocycles. The molecule has 2 aromatic carbocycles. The van der Waals surface area contributed by atoms with Crippen LogP contribution in [-0.4, -0.2) is 41.0 Å². The molecular weight excluding hydrogens is 362 g/mol. The molecule has 0 atom stereocenters. The van der Waals surface area contributed by atoms with Crippen LogP contribution in [0.1, 0.15) is 29.3 Å². The Balaban J connectivity index is 2.15. The topological polar surface area (TPSA) is 75.3 Å². The summed E-state index contributed by atoms with van der Waals surface area (Å²) >= 11 is 0. The molecule has 0 saturated carbocycles. The fraction of sp³-hybridized carbons (Fsp3) is 0.381. The first kappa shape index (κ1) is 21.2. The molecule has 0 saturated heterocycles. The molecular formula is C21H27NO6. The zero-order valence-corrected chi connectivity index (χ0v) is 17.0. The Morgan fingerprint density at radius 3 is 2.04 bits per heavy atom. The lowest BCUT2D eigenvalue weighted by molar-refractivity contribution is 0.0947. The van der Waals surface area contributed by atoms with Crippen LogP contribution in [0.3, 0.4) is 0 Å². The van der Waals surface area contributed by atoms with E-state index in [1.807, 2.05) is 25.1 Å². The molecule has 0 fully saturated rings. The molecule has 1 N–H and O–H groups in total. The lowest BCUT2D eigenvalue weighted by Gasteiger charge is -2.15. The summed E-state index contributed by atoms with van der Waals surface area (Å²) in [7, 11) is 6.13. The van der Waals surface area contributed by atoms with Crippen LogP contribution in [-0.2, 0) is 6.54 Å². The lowest BCUT2D eigenvalue weighted by Crippen LogP contribution is -2.23. The smallest absolute Gasteiger partial charge is 0.255 e. The molecule has 152 valence electrons. The first-order valence-corrected chi connectivity index (χ1v) is 8.95. The summed E-state index contributed by atoms with van der Waals surface area (Å²) in [6.45, 7) is 2.98. The van der Waals surface area contributed by atoms with E-state index in [9.17, 15) is 4.79 Å². The van der Waals surface area contributed by atoms with E-state index >= 15 is 0 Å². The molecule has 0 radical (unpaired) electrons. The van der Waals surface area contributed by atoms with E-state index in [2.05, 4.69) is 5.32 Å². The van der Waals surface area contributed by atoms with Gasteiger partial charge in [-0.15, -0.1) is 0 Å². The van der Waals surface area contributed by atoms with Crippen molar-refractivity contribution >= 4 is 5.91 Å². The summed E-state index contributed by atoms with van der Waals surface area (Å²) < 4.78 is 26.9. The second kappa shape index (κ2) is 10.3. The highest BCUT2D eigenvalue weighted by atomic mass is 16.5. The van der Waals surface area contributed by atoms with E-state index in [-0.39, 0.29) is 5.91 Å². The number of carbonyl (C=O) groups is 1. The molecule has 0 unspecified atom stereocenters. The van der Waals surface area contributed by atoms with Gasteiger partial charge in [-0.05, 0) is 24.1 Å². The number of amides is 1. The molecule has 0 aliphatic heterocycles. The zero-order chi connectivity index (χ0) is 20.5. The Hall–Kier alpha value is -3.09. The predicted molar refractivity (Wildman–Crippen MR) is 106 cm³/mol. The van der Waals surface area contributed by atoms with Gasteiger partial charge in [-0.3, -0.25) is 4.79 Å². The van der Waals surface area contributed by atoms with Gasteiger partial charge in [0.2, 0.25) is 0 Å². The van der Waals surface area contributed by atoms with Crippen LogP contribution >= 0.6 is 0 Å². The molecule has 7 heteroatoms. The highest BCUT2D eigenvalue weighted by molar-refractivity contribution is 5.97. The van der Waals surface area contributed by atoms with Crippen molar-refractivity contribution in [2.45, 2.75) is 19.9 Å². The van der Waals surface area contributed by atoms with Crippen LogP contribution in [0.2, 0.25) is 0 Å². The average Bonchev–Trinajstić information content (AvgIpc) is 2.74. The maximum atomic E-state index is 12.7. The fourth-order valence-electron chi connectivity index (χ4n) is 2.64. The van der Waals surface area contributed by atoms with Crippen LogP contribution in [0, 0.1) is 0 Å². The molecule has 1 amide bonds. The molecule has 0 spiro atoms. The Morgan fingerprint density at radius 2 is 1.43 bits per heavy atom. The highest BCUT2D eigenvalue weighted by Crippen LogP contribution is 2.34. The summed E-state index contributed by atoms with van der Waals surface area (Å²) in [5, 5.41) is 2.88. The quantitative estimate of drug-likeness (QED) is 0.671. The fourth-order valence-corrected chi connectivity index (χ4v) is 2.64. The van der Waals surface area contributed by atoms with Gasteiger partial charge in [0.1, 0.15) is 5.75 Å². The minimum Gasteiger partial charge on any atom is -0.496 e. The first-order chi connectivity index (χ1) is 13.6. The molecule has 0 heterocycles. The SMILES string of the molecule is CCCOc1ccc(CNC(=O)c2cc(OC)c(OC)cc2OC)cc1OC. The summed E-state index contributed by atoms with van der Waals surface area (Å²) in [5.41, 5.74) is 1.24. The van der Waals surface area contributed by atoms with Gasteiger partial charge in [0.05, 0.1) is 40.6 Å². The lowest BCUT2D eigenvalue weighted by atomic mass is 10.1. The maximum absolute atomic E-state index is 12.7. The summed E-state index contributed by atoms with van der Waals surface area (Å²) in [4.78, 5) is 12.7. The molecule has 0 aliphatic carbocycles. The van der Waals surface area contributed by atoms with Gasteiger partial charge in [0, 0.05) is 18.7 Å². The van der Waals surface area contributed by atoms with Gasteiger partial charge < -0.3 is 29.0 Å². The van der Waals surface area contributed by atoms with Gasteiger partial charge in [-0.1, -0.05) is 13.0 Å². The van der Waals surface area contributed by atoms with E-state index in [4.69, 9.17) is 23.7 Å². The van der Waals surface area contributed by atoms with Crippen molar-refractivity contribution in [3.05, 3.63) is 41.5 Å². The van der Waals surface area contributed by atoms with Crippen LogP contribution in [0.15, 0.2) is 30.3 Å². The summed E-state index contributed by atoms with van der Waals surface area (Å²) in [6.07, 6.45) is 0.911. The number of hydrogen-bond donors (Lipinski definition) is 1. The van der Waals surface area contributed by atoms with Crippen molar-refractivity contribution in [1.82, 2.24) is 5.32 Å². The van der Waals surface area contributed by atoms with Gasteiger partial charge in [-0.25, -0.2) is 0 Å². The van der Waals surface area contributed by atoms with Gasteiger partial charge in [-0.2, -0.15) is 0 Å². The summed E-state index contributed by atoms with van der Waals surface area (Å²) in [6, 6.07) is 8.79. The Bertz CT molecular complexity index is 806. The third-order valence-electron chi connectivity index (χ3n) is 4.09. The normalized spacial score (nSPS) is 10.2. The first-order valence-electron chi connectivity index (χ1n) is 8.95. The van der Waals surface area contributed by atoms with E-state index < -0.39 is 0 Å². The van der Waals surface area contributed by atoms with Crippen molar-refractivity contribution in [2.75, 3.05) is 35.0 Å². The average molecular weight is 389 g/mol. The van der Waals surface area contributed by atoms with E-state index in [1.165, 1.54) is 21.3 Å². The van der Waals surface area contributed by atoms with Crippen molar-refractivity contribution in [3.63, 3.8) is 0 Å². The molecule has 0 aliphatic rings. The second-order valence-electron chi connectivity index (χ2n) is 5.92. The van der Waals surface area contributed by atoms with Crippen molar-refractivity contribution < 1.29 is 28.5 Å². The molecule has 2 rings (SSSR count). The number of rotatable bonds is 10. The number of hydrogen-bond acceptors (Lipinski definition) is 6. The highest BCUT2D eigenvalue weighted by Gasteiger charge is 2.18. The Labute approximate surface area is 165 Å². The van der Waals surface area contributed by atoms with Crippen molar-refractivity contribution in [1.29, 1.82) is 0 Å².